The predicted octanol–water partition coefficient (Wildman–Crippen LogP) is 3.80. The summed E-state index contributed by atoms with van der Waals surface area (Å²) in [5.41, 5.74) is 2.83. The van der Waals surface area contributed by atoms with E-state index in [1.54, 1.807) is 12.1 Å². The number of rotatable bonds is 7. The van der Waals surface area contributed by atoms with Crippen LogP contribution in [0.5, 0.6) is 5.75 Å². The van der Waals surface area contributed by atoms with E-state index in [0.717, 1.165) is 34.4 Å². The highest BCUT2D eigenvalue weighted by Crippen LogP contribution is 2.22. The normalized spacial score (nSPS) is 11.4. The molecule has 0 spiro atoms. The van der Waals surface area contributed by atoms with E-state index < -0.39 is 5.63 Å². The van der Waals surface area contributed by atoms with E-state index in [9.17, 15) is 9.59 Å². The molecule has 0 saturated heterocycles. The number of amides is 1. The van der Waals surface area contributed by atoms with E-state index >= 15 is 0 Å². The minimum atomic E-state index is -0.413. The molecule has 31 heavy (non-hydrogen) atoms. The Morgan fingerprint density at radius 3 is 2.81 bits per heavy atom. The monoisotopic (exact) mass is 419 g/mol. The molecule has 0 aliphatic heterocycles. The maximum atomic E-state index is 12.4. The van der Waals surface area contributed by atoms with Crippen molar-refractivity contribution >= 4 is 27.9 Å². The van der Waals surface area contributed by atoms with Crippen molar-refractivity contribution in [3.63, 3.8) is 0 Å². The number of benzene rings is 2. The molecule has 2 aromatic carbocycles. The lowest BCUT2D eigenvalue weighted by molar-refractivity contribution is -0.123. The van der Waals surface area contributed by atoms with Crippen LogP contribution >= 0.6 is 0 Å². The van der Waals surface area contributed by atoms with Gasteiger partial charge >= 0.3 is 5.63 Å². The molecular formula is C24H25N3O4. The third-order valence-electron chi connectivity index (χ3n) is 5.02. The summed E-state index contributed by atoms with van der Waals surface area (Å²) < 4.78 is 13.0. The average molecular weight is 419 g/mol. The van der Waals surface area contributed by atoms with Crippen molar-refractivity contribution in [3.05, 3.63) is 70.3 Å². The van der Waals surface area contributed by atoms with Gasteiger partial charge in [-0.2, -0.15) is 0 Å². The Bertz CT molecular complexity index is 1300. The average Bonchev–Trinajstić information content (AvgIpc) is 3.07. The number of nitrogens with zero attached hydrogens (tertiary/aromatic N) is 2. The fourth-order valence-corrected chi connectivity index (χ4v) is 3.60. The molecule has 0 unspecified atom stereocenters. The Hall–Kier alpha value is -3.61. The molecule has 0 radical (unpaired) electrons. The van der Waals surface area contributed by atoms with E-state index in [2.05, 4.69) is 28.7 Å². The van der Waals surface area contributed by atoms with Gasteiger partial charge < -0.3 is 19.0 Å². The predicted molar refractivity (Wildman–Crippen MR) is 119 cm³/mol. The summed E-state index contributed by atoms with van der Waals surface area (Å²) in [5.74, 6) is 1.47. The molecule has 0 fully saturated rings. The van der Waals surface area contributed by atoms with Crippen LogP contribution in [0.3, 0.4) is 0 Å². The molecule has 1 amide bonds. The zero-order valence-electron chi connectivity index (χ0n) is 17.8. The van der Waals surface area contributed by atoms with Gasteiger partial charge in [0.15, 0.2) is 6.61 Å². The SMILES string of the molecule is Cc1cc(=O)oc2cc(OCC(=O)NCc3nc4ccccc4n3CC(C)C)ccc12. The van der Waals surface area contributed by atoms with Crippen molar-refractivity contribution in [2.45, 2.75) is 33.9 Å². The van der Waals surface area contributed by atoms with Crippen LogP contribution in [0, 0.1) is 12.8 Å². The Morgan fingerprint density at radius 1 is 1.19 bits per heavy atom. The third kappa shape index (κ3) is 4.60. The highest BCUT2D eigenvalue weighted by molar-refractivity contribution is 5.82. The number of para-hydroxylation sites is 2. The maximum absolute atomic E-state index is 12.4. The number of ether oxygens (including phenoxy) is 1. The van der Waals surface area contributed by atoms with Crippen LogP contribution < -0.4 is 15.7 Å². The first-order valence-electron chi connectivity index (χ1n) is 10.3. The van der Waals surface area contributed by atoms with Crippen LogP contribution in [0.15, 0.2) is 57.7 Å². The van der Waals surface area contributed by atoms with Crippen LogP contribution in [0.25, 0.3) is 22.0 Å². The van der Waals surface area contributed by atoms with Gasteiger partial charge in [-0.15, -0.1) is 0 Å². The fraction of sp³-hybridized carbons (Fsp3) is 0.292. The number of fused-ring (bicyclic) bond motifs is 2. The first-order chi connectivity index (χ1) is 14.9. The van der Waals surface area contributed by atoms with Gasteiger partial charge in [-0.1, -0.05) is 26.0 Å². The molecule has 0 saturated carbocycles. The van der Waals surface area contributed by atoms with E-state index in [4.69, 9.17) is 9.15 Å². The first-order valence-corrected chi connectivity index (χ1v) is 10.3. The Morgan fingerprint density at radius 2 is 2.00 bits per heavy atom. The first kappa shape index (κ1) is 20.7. The van der Waals surface area contributed by atoms with Crippen molar-refractivity contribution in [3.8, 4) is 5.75 Å². The molecule has 2 heterocycles. The number of hydrogen-bond donors (Lipinski definition) is 1. The van der Waals surface area contributed by atoms with E-state index in [1.165, 1.54) is 6.07 Å². The molecule has 0 atom stereocenters. The van der Waals surface area contributed by atoms with Gasteiger partial charge in [-0.3, -0.25) is 4.79 Å². The highest BCUT2D eigenvalue weighted by atomic mass is 16.5. The largest absolute Gasteiger partial charge is 0.484 e. The van der Waals surface area contributed by atoms with E-state index in [-0.39, 0.29) is 12.5 Å². The standard InChI is InChI=1S/C24H25N3O4/c1-15(2)13-27-20-7-5-4-6-19(20)26-22(27)12-25-23(28)14-30-17-8-9-18-16(3)10-24(29)31-21(18)11-17/h4-11,15H,12-14H2,1-3H3,(H,25,28). The minimum Gasteiger partial charge on any atom is -0.484 e. The van der Waals surface area contributed by atoms with Crippen molar-refractivity contribution in [2.75, 3.05) is 6.61 Å². The number of aryl methyl sites for hydroxylation is 1. The minimum absolute atomic E-state index is 0.147. The molecule has 160 valence electrons. The van der Waals surface area contributed by atoms with Crippen molar-refractivity contribution in [1.82, 2.24) is 14.9 Å². The molecule has 7 nitrogen and oxygen atoms in total. The van der Waals surface area contributed by atoms with Crippen LogP contribution in [0.2, 0.25) is 0 Å². The third-order valence-corrected chi connectivity index (χ3v) is 5.02. The summed E-state index contributed by atoms with van der Waals surface area (Å²) in [6, 6.07) is 14.6. The second-order valence-electron chi connectivity index (χ2n) is 7.99. The number of carbonyl (C=O) groups excluding carboxylic acids is 1. The van der Waals surface area contributed by atoms with Gasteiger partial charge in [0.25, 0.3) is 5.91 Å². The number of aromatic nitrogens is 2. The fourth-order valence-electron chi connectivity index (χ4n) is 3.60. The second-order valence-corrected chi connectivity index (χ2v) is 7.99. The van der Waals surface area contributed by atoms with E-state index in [0.29, 0.717) is 23.8 Å². The van der Waals surface area contributed by atoms with Crippen molar-refractivity contribution in [1.29, 1.82) is 0 Å². The highest BCUT2D eigenvalue weighted by Gasteiger charge is 2.13. The Labute approximate surface area is 179 Å². The molecular weight excluding hydrogens is 394 g/mol. The summed E-state index contributed by atoms with van der Waals surface area (Å²) >= 11 is 0. The molecule has 0 bridgehead atoms. The summed E-state index contributed by atoms with van der Waals surface area (Å²) in [5, 5.41) is 3.71. The van der Waals surface area contributed by atoms with E-state index in [1.807, 2.05) is 37.3 Å². The molecule has 0 aliphatic carbocycles. The molecule has 1 N–H and O–H groups in total. The molecule has 0 aliphatic rings. The number of imidazole rings is 1. The van der Waals surface area contributed by atoms with Crippen LogP contribution in [0.1, 0.15) is 25.2 Å². The van der Waals surface area contributed by atoms with Gasteiger partial charge in [0, 0.05) is 24.1 Å². The van der Waals surface area contributed by atoms with Gasteiger partial charge in [-0.25, -0.2) is 9.78 Å². The van der Waals surface area contributed by atoms with Crippen LogP contribution in [-0.4, -0.2) is 22.1 Å². The van der Waals surface area contributed by atoms with Crippen molar-refractivity contribution < 1.29 is 13.9 Å². The lowest BCUT2D eigenvalue weighted by atomic mass is 10.1. The lowest BCUT2D eigenvalue weighted by Crippen LogP contribution is -2.29. The molecule has 4 aromatic rings. The number of carbonyl (C=O) groups is 1. The zero-order chi connectivity index (χ0) is 22.0. The zero-order valence-corrected chi connectivity index (χ0v) is 17.8. The molecule has 4 rings (SSSR count). The number of hydrogen-bond acceptors (Lipinski definition) is 5. The van der Waals surface area contributed by atoms with Gasteiger partial charge in [0.1, 0.15) is 17.2 Å². The summed E-state index contributed by atoms with van der Waals surface area (Å²) in [4.78, 5) is 28.6. The quantitative estimate of drug-likeness (QED) is 0.461. The second kappa shape index (κ2) is 8.63. The lowest BCUT2D eigenvalue weighted by Gasteiger charge is -2.12. The van der Waals surface area contributed by atoms with Gasteiger partial charge in [0.2, 0.25) is 0 Å². The van der Waals surface area contributed by atoms with Crippen LogP contribution in [0.4, 0.5) is 0 Å². The smallest absolute Gasteiger partial charge is 0.336 e. The number of nitrogens with one attached hydrogen (secondary N) is 1. The summed E-state index contributed by atoms with van der Waals surface area (Å²) in [7, 11) is 0. The Balaban J connectivity index is 1.42. The Kier molecular flexibility index (Phi) is 5.75. The molecule has 2 aromatic heterocycles. The summed E-state index contributed by atoms with van der Waals surface area (Å²) in [6.07, 6.45) is 0. The van der Waals surface area contributed by atoms with Crippen LogP contribution in [-0.2, 0) is 17.9 Å². The summed E-state index contributed by atoms with van der Waals surface area (Å²) in [6.45, 7) is 7.14. The molecule has 7 heteroatoms. The van der Waals surface area contributed by atoms with Gasteiger partial charge in [-0.05, 0) is 42.7 Å². The maximum Gasteiger partial charge on any atom is 0.336 e. The van der Waals surface area contributed by atoms with Crippen molar-refractivity contribution in [2.24, 2.45) is 5.92 Å². The van der Waals surface area contributed by atoms with Gasteiger partial charge in [0.05, 0.1) is 17.6 Å². The topological polar surface area (TPSA) is 86.4 Å².